The number of carboxylic acid groups (broad SMARTS) is 2. The van der Waals surface area contributed by atoms with E-state index in [2.05, 4.69) is 41.9 Å². The molecule has 5 saturated heterocycles. The topological polar surface area (TPSA) is 299 Å². The number of aliphatic carboxylic acids is 2. The van der Waals surface area contributed by atoms with Crippen LogP contribution in [0.25, 0.3) is 0 Å². The van der Waals surface area contributed by atoms with Crippen LogP contribution >= 0.6 is 0 Å². The summed E-state index contributed by atoms with van der Waals surface area (Å²) in [6, 6.07) is 86.5. The summed E-state index contributed by atoms with van der Waals surface area (Å²) in [4.78, 5) is 137. The van der Waals surface area contributed by atoms with E-state index in [-0.39, 0.29) is 102 Å². The number of aliphatic hydroxyl groups is 1. The third-order valence-electron chi connectivity index (χ3n) is 28.3. The maximum Gasteiger partial charge on any atom is 2.00 e. The minimum atomic E-state index is -0.857. The number of nitrogens with zero attached hydrogens (tertiary/aromatic N) is 6. The van der Waals surface area contributed by atoms with Gasteiger partial charge in [-0.2, -0.15) is 0 Å². The molecular formula is C123H124CuLiN6O16. The summed E-state index contributed by atoms with van der Waals surface area (Å²) in [6.07, 6.45) is 45.7. The first-order chi connectivity index (χ1) is 70.2. The Kier molecular flexibility index (Phi) is 44.8. The van der Waals surface area contributed by atoms with Crippen LogP contribution in [0.2, 0.25) is 0 Å². The van der Waals surface area contributed by atoms with Gasteiger partial charge in [0.25, 0.3) is 0 Å². The first-order valence-electron chi connectivity index (χ1n) is 49.2. The van der Waals surface area contributed by atoms with E-state index in [4.69, 9.17) is 56.8 Å². The second-order valence-corrected chi connectivity index (χ2v) is 37.3. The monoisotopic (exact) mass is 2010 g/mol. The number of piperidine rings is 5. The van der Waals surface area contributed by atoms with Crippen molar-refractivity contribution in [3.05, 3.63) is 398 Å². The average Bonchev–Trinajstić information content (AvgIpc) is 0.779. The number of likely N-dealkylation sites (tertiary alicyclic amines) is 5. The number of aliphatic hydroxyl groups excluding tert-OH is 1. The number of rotatable bonds is 22. The largest absolute Gasteiger partial charge is 2.00 e. The number of carbonyl (C=O) groups is 10. The summed E-state index contributed by atoms with van der Waals surface area (Å²) in [7, 11) is 0. The molecule has 3 N–H and O–H groups in total. The van der Waals surface area contributed by atoms with Gasteiger partial charge < -0.3 is 73.3 Å². The summed E-state index contributed by atoms with van der Waals surface area (Å²) in [6.45, 7) is 11.0. The van der Waals surface area contributed by atoms with Crippen molar-refractivity contribution in [2.24, 2.45) is 88.8 Å². The van der Waals surface area contributed by atoms with Gasteiger partial charge in [-0.25, -0.2) is 0 Å². The Labute approximate surface area is 886 Å². The molecule has 3 unspecified atom stereocenters. The number of fused-ring (bicyclic) bond motifs is 5. The molecule has 0 saturated carbocycles. The molecule has 5 heterocycles. The molecular weight excluding hydrogens is 1890 g/mol. The summed E-state index contributed by atoms with van der Waals surface area (Å²) >= 11 is 0. The molecule has 2 radical (unpaired) electrons. The number of carboxylic acids is 2. The van der Waals surface area contributed by atoms with Gasteiger partial charge in [0, 0.05) is 101 Å². The molecule has 19 rings (SSSR count). The summed E-state index contributed by atoms with van der Waals surface area (Å²) < 4.78 is 17.1. The fraction of sp³-hybridized carbons (Fsp3) is 0.317. The van der Waals surface area contributed by atoms with Gasteiger partial charge in [0.15, 0.2) is 18.3 Å². The van der Waals surface area contributed by atoms with E-state index in [1.165, 1.54) is 0 Å². The first kappa shape index (κ1) is 114. The maximum atomic E-state index is 13.3. The molecule has 22 nitrogen and oxygen atoms in total. The molecule has 0 bridgehead atoms. The molecule has 754 valence electrons. The number of ether oxygens (including phenoxy) is 3. The van der Waals surface area contributed by atoms with Crippen molar-refractivity contribution < 1.29 is 94.5 Å². The van der Waals surface area contributed by atoms with Gasteiger partial charge in [0.05, 0.1) is 59.2 Å². The first-order valence-corrected chi connectivity index (χ1v) is 49.2. The zero-order chi connectivity index (χ0) is 102. The molecule has 147 heavy (non-hydrogen) atoms. The molecule has 24 heteroatoms. The molecule has 9 aromatic rings. The predicted octanol–water partition coefficient (Wildman–Crippen LogP) is 18.6. The molecule has 0 aromatic heterocycles. The molecule has 19 atom stereocenters. The van der Waals surface area contributed by atoms with Gasteiger partial charge in [0.2, 0.25) is 29.5 Å². The van der Waals surface area contributed by atoms with Crippen molar-refractivity contribution in [2.75, 3.05) is 32.7 Å². The van der Waals surface area contributed by atoms with Crippen molar-refractivity contribution in [3.8, 4) is 49.4 Å². The third kappa shape index (κ3) is 30.4. The van der Waals surface area contributed by atoms with Crippen molar-refractivity contribution in [1.29, 1.82) is 5.26 Å². The van der Waals surface area contributed by atoms with Crippen LogP contribution in [-0.2, 0) is 112 Å². The fourth-order valence-electron chi connectivity index (χ4n) is 21.0. The third-order valence-corrected chi connectivity index (χ3v) is 28.3. The van der Waals surface area contributed by atoms with E-state index in [0.29, 0.717) is 97.6 Å². The normalized spacial score (nSPS) is 23.5. The van der Waals surface area contributed by atoms with Crippen molar-refractivity contribution in [2.45, 2.75) is 121 Å². The molecule has 5 aliphatic heterocycles. The Morgan fingerprint density at radius 2 is 0.483 bits per heavy atom. The van der Waals surface area contributed by atoms with Crippen LogP contribution in [-0.4, -0.2) is 151 Å². The number of esters is 3. The van der Waals surface area contributed by atoms with E-state index >= 15 is 0 Å². The second kappa shape index (κ2) is 57.8. The Bertz CT molecular complexity index is 5710. The molecule has 5 fully saturated rings. The maximum absolute atomic E-state index is 13.3. The average molecular weight is 2010 g/mol. The number of benzene rings is 9. The van der Waals surface area contributed by atoms with Crippen LogP contribution in [0.4, 0.5) is 0 Å². The Morgan fingerprint density at radius 3 is 0.667 bits per heavy atom. The van der Waals surface area contributed by atoms with E-state index < -0.39 is 113 Å². The quantitative estimate of drug-likeness (QED) is 0.0142. The molecule has 9 aromatic carbocycles. The zero-order valence-electron chi connectivity index (χ0n) is 82.8. The van der Waals surface area contributed by atoms with Crippen LogP contribution in [0.3, 0.4) is 0 Å². The van der Waals surface area contributed by atoms with Crippen LogP contribution in [0.5, 0.6) is 0 Å². The van der Waals surface area contributed by atoms with Crippen molar-refractivity contribution >= 4 is 78.2 Å². The molecule has 5 aliphatic carbocycles. The molecule has 10 aliphatic rings. The summed E-state index contributed by atoms with van der Waals surface area (Å²) in [5.41, 5.74) is 8.49. The molecule has 5 amide bonds. The van der Waals surface area contributed by atoms with E-state index in [1.807, 2.05) is 328 Å². The number of terminal acetylenes is 4. The summed E-state index contributed by atoms with van der Waals surface area (Å²) in [5, 5.41) is 34.1. The zero-order valence-corrected chi connectivity index (χ0v) is 83.8. The number of hydrogen-bond acceptors (Lipinski definition) is 15. The van der Waals surface area contributed by atoms with Gasteiger partial charge in [-0.05, 0) is 127 Å². The van der Waals surface area contributed by atoms with Crippen molar-refractivity contribution in [3.63, 3.8) is 0 Å². The van der Waals surface area contributed by atoms with Crippen LogP contribution in [0.1, 0.15) is 139 Å². The smallest absolute Gasteiger partial charge is 0.512 e. The fourth-order valence-corrected chi connectivity index (χ4v) is 21.0. The van der Waals surface area contributed by atoms with E-state index in [9.17, 15) is 58.2 Å². The van der Waals surface area contributed by atoms with E-state index in [1.54, 1.807) is 12.1 Å². The Balaban J connectivity index is 0.000000183. The second-order valence-electron chi connectivity index (χ2n) is 37.3. The van der Waals surface area contributed by atoms with Gasteiger partial charge in [-0.15, -0.1) is 25.7 Å². The minimum Gasteiger partial charge on any atom is -0.512 e. The molecule has 0 spiro atoms. The van der Waals surface area contributed by atoms with Gasteiger partial charge in [-0.3, -0.25) is 47.9 Å². The van der Waals surface area contributed by atoms with Crippen LogP contribution in [0, 0.1) is 157 Å². The summed E-state index contributed by atoms with van der Waals surface area (Å²) in [5.74, 6) is 2.78. The van der Waals surface area contributed by atoms with Gasteiger partial charge >= 0.3 is 46.9 Å². The number of allylic oxidation sites excluding steroid dienone is 10. The number of carbonyl (C=O) groups excluding carboxylic acids is 8. The predicted molar refractivity (Wildman–Crippen MR) is 558 cm³/mol. The minimum absolute atomic E-state index is 0. The van der Waals surface area contributed by atoms with Gasteiger partial charge in [0.1, 0.15) is 6.10 Å². The van der Waals surface area contributed by atoms with Gasteiger partial charge in [-0.1, -0.05) is 357 Å². The van der Waals surface area contributed by atoms with E-state index in [0.717, 1.165) is 82.2 Å². The SMILES string of the molecule is C#CC(OC(=O)[C@@H]1CC=C[C@@H]2CCN(Cc3ccccc3)C(=O)[C@@H]21)c1ccccc1.C#CC(OC(=O)[C@@H]1CC=C[C@@H]2CCN(Cc3ccccc3)C(=O)[C@@H]21)c1ccccc1.C#CC(OC(=O)[C@H]1CC=C[C@H]2CCN(Cc3ccccc3)C(=O)[C@@H]12)c1ccccc1.C#C[C@@H](O)c1ccccc1.O=C(O)[C@@H]1CC=C[C@@H]2CCN(Cc3ccccc3)C(=O)[C@@H]21.O=C(O)[C@H]1CC=C[C@H]2CCN(Cc3ccccc3)C(=O)[C@@H]12.[C-]#N.[CH3-].[Cu+2].[Li]. The van der Waals surface area contributed by atoms with Crippen LogP contribution < -0.4 is 0 Å². The number of amides is 5. The standard InChI is InChI=1S/3C26H25NO3.2C17H19NO3.C9H8O.CN.CH3.Cu.Li/c3*1-2-23(20-12-7-4-8-13-20)30-26(29)22-15-9-14-21-16-17-27(25(28)24(21)22)18-19-10-5-3-6-11-19;2*19-16-15-13(7-4-8-14(15)17(20)21)9-10-18(16)11-12-5-2-1-3-6-12;1-2-9(10)8-6-4-3-5-7-8;1-2;;;/h3*1,3-14,21-24H,15-18H2;2*1-7,13-15H,8-11H2,(H,20,21);1,3-7,9-10H;;1H3;;/q;;;;;;2*-1;+2;/t3*21-,22-,23?,24+;2*13-,14-,15+;9-;;;;/m110101..../s1. The Hall–Kier alpha value is -14.8. The Morgan fingerprint density at radius 1 is 0.306 bits per heavy atom. The van der Waals surface area contributed by atoms with Crippen LogP contribution in [0.15, 0.2) is 334 Å². The number of hydrogen-bond donors (Lipinski definition) is 3. The van der Waals surface area contributed by atoms with Crippen molar-refractivity contribution in [1.82, 2.24) is 24.5 Å².